The average molecular weight is 367 g/mol. The SMILES string of the molecule is c1nc(NCc2ccc(N3CCCCCC3)nc2)cc(N2CCCCC2)n1. The number of aromatic nitrogens is 3. The Hall–Kier alpha value is -2.37. The Bertz CT molecular complexity index is 703. The fraction of sp³-hybridized carbons (Fsp3) is 0.571. The zero-order chi connectivity index (χ0) is 18.3. The second-order valence-corrected chi connectivity index (χ2v) is 7.59. The summed E-state index contributed by atoms with van der Waals surface area (Å²) in [6, 6.07) is 6.39. The molecule has 0 unspecified atom stereocenters. The maximum absolute atomic E-state index is 4.69. The first-order valence-electron chi connectivity index (χ1n) is 10.4. The third-order valence-electron chi connectivity index (χ3n) is 5.55. The maximum Gasteiger partial charge on any atom is 0.134 e. The molecule has 2 aliphatic rings. The van der Waals surface area contributed by atoms with Gasteiger partial charge in [0.05, 0.1) is 0 Å². The molecule has 0 bridgehead atoms. The largest absolute Gasteiger partial charge is 0.366 e. The minimum Gasteiger partial charge on any atom is -0.366 e. The molecule has 2 aliphatic heterocycles. The maximum atomic E-state index is 4.69. The molecule has 2 fully saturated rings. The van der Waals surface area contributed by atoms with Crippen LogP contribution in [0.1, 0.15) is 50.5 Å². The molecule has 0 aromatic carbocycles. The minimum absolute atomic E-state index is 0.726. The lowest BCUT2D eigenvalue weighted by Crippen LogP contribution is -2.30. The van der Waals surface area contributed by atoms with Crippen LogP contribution in [0.4, 0.5) is 17.5 Å². The minimum atomic E-state index is 0.726. The highest BCUT2D eigenvalue weighted by molar-refractivity contribution is 5.49. The number of pyridine rings is 1. The first-order valence-corrected chi connectivity index (χ1v) is 10.4. The normalized spacial score (nSPS) is 18.2. The molecule has 6 nitrogen and oxygen atoms in total. The van der Waals surface area contributed by atoms with Crippen LogP contribution in [0, 0.1) is 0 Å². The van der Waals surface area contributed by atoms with Crippen LogP contribution in [0.3, 0.4) is 0 Å². The summed E-state index contributed by atoms with van der Waals surface area (Å²) in [7, 11) is 0. The monoisotopic (exact) mass is 366 g/mol. The number of nitrogens with zero attached hydrogens (tertiary/aromatic N) is 5. The Morgan fingerprint density at radius 3 is 2.07 bits per heavy atom. The van der Waals surface area contributed by atoms with Gasteiger partial charge in [-0.15, -0.1) is 0 Å². The van der Waals surface area contributed by atoms with Crippen LogP contribution in [0.25, 0.3) is 0 Å². The first kappa shape index (κ1) is 18.0. The summed E-state index contributed by atoms with van der Waals surface area (Å²) >= 11 is 0. The summed E-state index contributed by atoms with van der Waals surface area (Å²) in [5.41, 5.74) is 1.17. The molecule has 2 aromatic rings. The summed E-state index contributed by atoms with van der Waals surface area (Å²) in [4.78, 5) is 18.3. The van der Waals surface area contributed by atoms with Gasteiger partial charge in [0.2, 0.25) is 0 Å². The summed E-state index contributed by atoms with van der Waals surface area (Å²) in [6.07, 6.45) is 12.7. The standard InChI is InChI=1S/C21H30N6/c1-2-5-11-26(10-4-1)20-9-8-18(16-23-20)15-22-19-14-21(25-17-24-19)27-12-6-3-7-13-27/h8-9,14,16-17H,1-7,10-13,15H2,(H,22,24,25). The van der Waals surface area contributed by atoms with Gasteiger partial charge in [0.25, 0.3) is 0 Å². The molecule has 144 valence electrons. The molecule has 0 amide bonds. The van der Waals surface area contributed by atoms with Gasteiger partial charge in [0.1, 0.15) is 23.8 Å². The van der Waals surface area contributed by atoms with Crippen LogP contribution >= 0.6 is 0 Å². The Morgan fingerprint density at radius 2 is 1.41 bits per heavy atom. The van der Waals surface area contributed by atoms with Gasteiger partial charge in [0, 0.05) is 45.0 Å². The molecule has 6 heteroatoms. The Labute approximate surface area is 162 Å². The van der Waals surface area contributed by atoms with Crippen molar-refractivity contribution in [1.82, 2.24) is 15.0 Å². The molecular weight excluding hydrogens is 336 g/mol. The molecule has 2 saturated heterocycles. The smallest absolute Gasteiger partial charge is 0.134 e. The van der Waals surface area contributed by atoms with Crippen molar-refractivity contribution in [3.63, 3.8) is 0 Å². The van der Waals surface area contributed by atoms with E-state index in [1.165, 1.54) is 50.5 Å². The van der Waals surface area contributed by atoms with Crippen molar-refractivity contribution in [3.05, 3.63) is 36.3 Å². The van der Waals surface area contributed by atoms with Crippen molar-refractivity contribution in [1.29, 1.82) is 0 Å². The van der Waals surface area contributed by atoms with Crippen molar-refractivity contribution >= 4 is 17.5 Å². The third kappa shape index (κ3) is 4.87. The molecule has 27 heavy (non-hydrogen) atoms. The molecule has 4 heterocycles. The second-order valence-electron chi connectivity index (χ2n) is 7.59. The quantitative estimate of drug-likeness (QED) is 0.867. The Kier molecular flexibility index (Phi) is 6.02. The highest BCUT2D eigenvalue weighted by atomic mass is 15.2. The van der Waals surface area contributed by atoms with E-state index in [9.17, 15) is 0 Å². The molecule has 0 atom stereocenters. The predicted molar refractivity (Wildman–Crippen MR) is 110 cm³/mol. The van der Waals surface area contributed by atoms with E-state index in [0.29, 0.717) is 0 Å². The van der Waals surface area contributed by atoms with Crippen molar-refractivity contribution in [2.24, 2.45) is 0 Å². The van der Waals surface area contributed by atoms with E-state index in [4.69, 9.17) is 4.98 Å². The molecule has 0 saturated carbocycles. The molecular formula is C21H30N6. The van der Waals surface area contributed by atoms with Gasteiger partial charge in [-0.1, -0.05) is 18.9 Å². The van der Waals surface area contributed by atoms with Gasteiger partial charge in [0.15, 0.2) is 0 Å². The van der Waals surface area contributed by atoms with Crippen molar-refractivity contribution in [2.75, 3.05) is 41.3 Å². The molecule has 2 aromatic heterocycles. The summed E-state index contributed by atoms with van der Waals surface area (Å²) in [5.74, 6) is 3.01. The van der Waals surface area contributed by atoms with E-state index in [2.05, 4.69) is 43.3 Å². The van der Waals surface area contributed by atoms with Crippen LogP contribution in [-0.4, -0.2) is 41.1 Å². The van der Waals surface area contributed by atoms with E-state index in [0.717, 1.165) is 50.2 Å². The van der Waals surface area contributed by atoms with Gasteiger partial charge in [-0.3, -0.25) is 0 Å². The van der Waals surface area contributed by atoms with Crippen LogP contribution in [0.5, 0.6) is 0 Å². The number of rotatable bonds is 5. The highest BCUT2D eigenvalue weighted by Gasteiger charge is 2.13. The predicted octanol–water partition coefficient (Wildman–Crippen LogP) is 3.85. The van der Waals surface area contributed by atoms with Crippen LogP contribution in [0.15, 0.2) is 30.7 Å². The van der Waals surface area contributed by atoms with E-state index in [1.807, 2.05) is 6.20 Å². The number of hydrogen-bond donors (Lipinski definition) is 1. The van der Waals surface area contributed by atoms with Crippen molar-refractivity contribution < 1.29 is 0 Å². The van der Waals surface area contributed by atoms with Gasteiger partial charge in [-0.05, 0) is 43.7 Å². The molecule has 0 aliphatic carbocycles. The third-order valence-corrected chi connectivity index (χ3v) is 5.55. The lowest BCUT2D eigenvalue weighted by atomic mass is 10.1. The zero-order valence-corrected chi connectivity index (χ0v) is 16.1. The number of nitrogens with one attached hydrogen (secondary N) is 1. The fourth-order valence-electron chi connectivity index (χ4n) is 3.94. The van der Waals surface area contributed by atoms with E-state index in [-0.39, 0.29) is 0 Å². The number of anilines is 3. The topological polar surface area (TPSA) is 57.2 Å². The molecule has 0 spiro atoms. The molecule has 4 rings (SSSR count). The Balaban J connectivity index is 1.34. The lowest BCUT2D eigenvalue weighted by molar-refractivity contribution is 0.573. The number of hydrogen-bond acceptors (Lipinski definition) is 6. The van der Waals surface area contributed by atoms with Gasteiger partial charge in [-0.25, -0.2) is 15.0 Å². The second kappa shape index (κ2) is 9.02. The van der Waals surface area contributed by atoms with Gasteiger partial charge < -0.3 is 15.1 Å². The molecule has 0 radical (unpaired) electrons. The van der Waals surface area contributed by atoms with Crippen molar-refractivity contribution in [3.8, 4) is 0 Å². The van der Waals surface area contributed by atoms with Crippen LogP contribution in [0.2, 0.25) is 0 Å². The van der Waals surface area contributed by atoms with Gasteiger partial charge >= 0.3 is 0 Å². The Morgan fingerprint density at radius 1 is 0.741 bits per heavy atom. The zero-order valence-electron chi connectivity index (χ0n) is 16.1. The van der Waals surface area contributed by atoms with Crippen molar-refractivity contribution in [2.45, 2.75) is 51.5 Å². The van der Waals surface area contributed by atoms with Crippen LogP contribution < -0.4 is 15.1 Å². The van der Waals surface area contributed by atoms with Crippen LogP contribution in [-0.2, 0) is 6.54 Å². The molecule has 1 N–H and O–H groups in total. The fourth-order valence-corrected chi connectivity index (χ4v) is 3.94. The summed E-state index contributed by atoms with van der Waals surface area (Å²) < 4.78 is 0. The average Bonchev–Trinajstić information content (AvgIpc) is 3.03. The first-order chi connectivity index (χ1) is 13.4. The highest BCUT2D eigenvalue weighted by Crippen LogP contribution is 2.20. The van der Waals surface area contributed by atoms with E-state index >= 15 is 0 Å². The number of piperidine rings is 1. The lowest BCUT2D eigenvalue weighted by Gasteiger charge is -2.27. The summed E-state index contributed by atoms with van der Waals surface area (Å²) in [5, 5.41) is 3.42. The van der Waals surface area contributed by atoms with E-state index in [1.54, 1.807) is 6.33 Å². The van der Waals surface area contributed by atoms with E-state index < -0.39 is 0 Å². The van der Waals surface area contributed by atoms with Gasteiger partial charge in [-0.2, -0.15) is 0 Å². The summed E-state index contributed by atoms with van der Waals surface area (Å²) in [6.45, 7) is 5.18.